The molecule has 0 aliphatic heterocycles. The third kappa shape index (κ3) is 3.62. The van der Waals surface area contributed by atoms with Gasteiger partial charge in [-0.1, -0.05) is 11.3 Å². The number of benzene rings is 1. The second-order valence-corrected chi connectivity index (χ2v) is 4.91. The number of alkyl halides is 1. The second kappa shape index (κ2) is 5.94. The molecular weight excluding hydrogens is 293 g/mol. The Morgan fingerprint density at radius 2 is 2.21 bits per heavy atom. The van der Waals surface area contributed by atoms with Crippen molar-refractivity contribution >= 4 is 50.1 Å². The maximum absolute atomic E-state index is 13.0. The lowest BCUT2D eigenvalue weighted by atomic mass is 10.3. The van der Waals surface area contributed by atoms with E-state index in [-0.39, 0.29) is 24.0 Å². The zero-order chi connectivity index (χ0) is 13.8. The molecule has 0 aliphatic rings. The summed E-state index contributed by atoms with van der Waals surface area (Å²) in [4.78, 5) is 26.4. The van der Waals surface area contributed by atoms with Gasteiger partial charge in [-0.15, -0.1) is 11.6 Å². The van der Waals surface area contributed by atoms with E-state index in [0.717, 1.165) is 4.70 Å². The quantitative estimate of drug-likeness (QED) is 0.852. The number of Topliss-reactive ketones (excluding diaryl/α,β-unsaturated/α-hetero) is 1. The van der Waals surface area contributed by atoms with Gasteiger partial charge in [-0.05, 0) is 12.1 Å². The molecule has 1 aromatic carbocycles. The molecule has 19 heavy (non-hydrogen) atoms. The Labute approximate surface area is 116 Å². The van der Waals surface area contributed by atoms with E-state index in [0.29, 0.717) is 10.6 Å². The topological polar surface area (TPSA) is 71.1 Å². The number of amides is 2. The molecule has 2 amide bonds. The van der Waals surface area contributed by atoms with Gasteiger partial charge in [0.25, 0.3) is 0 Å². The van der Waals surface area contributed by atoms with Gasteiger partial charge in [0.2, 0.25) is 0 Å². The van der Waals surface area contributed by atoms with E-state index in [9.17, 15) is 14.0 Å². The van der Waals surface area contributed by atoms with Crippen LogP contribution in [-0.2, 0) is 4.79 Å². The van der Waals surface area contributed by atoms with Crippen LogP contribution in [0.15, 0.2) is 18.2 Å². The number of nitrogens with zero attached hydrogens (tertiary/aromatic N) is 1. The minimum atomic E-state index is -0.557. The van der Waals surface area contributed by atoms with E-state index in [2.05, 4.69) is 15.6 Å². The number of carbonyl (C=O) groups excluding carboxylic acids is 2. The molecule has 0 radical (unpaired) electrons. The van der Waals surface area contributed by atoms with Crippen LogP contribution in [0.3, 0.4) is 0 Å². The zero-order valence-electron chi connectivity index (χ0n) is 9.57. The minimum absolute atomic E-state index is 0.144. The zero-order valence-corrected chi connectivity index (χ0v) is 11.1. The number of halogens is 2. The van der Waals surface area contributed by atoms with Gasteiger partial charge < -0.3 is 5.32 Å². The van der Waals surface area contributed by atoms with Crippen LogP contribution in [0.25, 0.3) is 10.2 Å². The van der Waals surface area contributed by atoms with Crippen LogP contribution in [0.5, 0.6) is 0 Å². The van der Waals surface area contributed by atoms with Gasteiger partial charge in [0.1, 0.15) is 5.82 Å². The number of nitrogens with one attached hydrogen (secondary N) is 2. The summed E-state index contributed by atoms with van der Waals surface area (Å²) in [5.74, 6) is -0.828. The van der Waals surface area contributed by atoms with Gasteiger partial charge in [0.05, 0.1) is 22.6 Å². The van der Waals surface area contributed by atoms with Gasteiger partial charge in [0, 0.05) is 6.07 Å². The summed E-state index contributed by atoms with van der Waals surface area (Å²) in [6, 6.07) is 3.63. The Kier molecular flexibility index (Phi) is 4.28. The predicted octanol–water partition coefficient (Wildman–Crippen LogP) is 2.36. The fourth-order valence-corrected chi connectivity index (χ4v) is 2.26. The van der Waals surface area contributed by atoms with E-state index >= 15 is 0 Å². The summed E-state index contributed by atoms with van der Waals surface area (Å²) in [6.45, 7) is -0.144. The van der Waals surface area contributed by atoms with Crippen LogP contribution in [0.4, 0.5) is 14.3 Å². The number of rotatable bonds is 4. The first-order valence-corrected chi connectivity index (χ1v) is 6.62. The van der Waals surface area contributed by atoms with Crippen molar-refractivity contribution in [1.82, 2.24) is 10.3 Å². The predicted molar refractivity (Wildman–Crippen MR) is 72.3 cm³/mol. The van der Waals surface area contributed by atoms with Crippen molar-refractivity contribution in [3.63, 3.8) is 0 Å². The van der Waals surface area contributed by atoms with Gasteiger partial charge in [-0.25, -0.2) is 14.2 Å². The molecule has 2 rings (SSSR count). The molecule has 0 aliphatic carbocycles. The Morgan fingerprint density at radius 1 is 1.42 bits per heavy atom. The van der Waals surface area contributed by atoms with Gasteiger partial charge in [-0.3, -0.25) is 10.1 Å². The monoisotopic (exact) mass is 301 g/mol. The number of hydrogen-bond acceptors (Lipinski definition) is 4. The lowest BCUT2D eigenvalue weighted by Crippen LogP contribution is -2.33. The highest BCUT2D eigenvalue weighted by atomic mass is 35.5. The third-order valence-electron chi connectivity index (χ3n) is 2.17. The first-order chi connectivity index (χ1) is 9.08. The maximum atomic E-state index is 13.0. The van der Waals surface area contributed by atoms with Gasteiger partial charge in [0.15, 0.2) is 10.9 Å². The van der Waals surface area contributed by atoms with E-state index in [1.165, 1.54) is 23.5 Å². The molecule has 0 fully saturated rings. The van der Waals surface area contributed by atoms with Crippen LogP contribution in [0.2, 0.25) is 0 Å². The SMILES string of the molecule is O=C(CCl)CNC(=O)Nc1nc2cc(F)ccc2s1. The van der Waals surface area contributed by atoms with Crippen LogP contribution in [0, 0.1) is 5.82 Å². The molecule has 2 aromatic rings. The van der Waals surface area contributed by atoms with Crippen LogP contribution in [0.1, 0.15) is 0 Å². The second-order valence-electron chi connectivity index (χ2n) is 3.61. The highest BCUT2D eigenvalue weighted by Gasteiger charge is 2.09. The molecular formula is C11H9ClFN3O2S. The first-order valence-electron chi connectivity index (χ1n) is 5.27. The standard InChI is InChI=1S/C11H9ClFN3O2S/c12-4-7(17)5-14-10(18)16-11-15-8-3-6(13)1-2-9(8)19-11/h1-3H,4-5H2,(H2,14,15,16,18). The van der Waals surface area contributed by atoms with Crippen molar-refractivity contribution in [2.24, 2.45) is 0 Å². The fraction of sp³-hybridized carbons (Fsp3) is 0.182. The summed E-state index contributed by atoms with van der Waals surface area (Å²) < 4.78 is 13.7. The van der Waals surface area contributed by atoms with Crippen molar-refractivity contribution in [1.29, 1.82) is 0 Å². The summed E-state index contributed by atoms with van der Waals surface area (Å²) in [5, 5.41) is 5.15. The number of hydrogen-bond donors (Lipinski definition) is 2. The van der Waals surface area contributed by atoms with Crippen molar-refractivity contribution in [3.05, 3.63) is 24.0 Å². The molecule has 100 valence electrons. The maximum Gasteiger partial charge on any atom is 0.321 e. The summed E-state index contributed by atoms with van der Waals surface area (Å²) in [5.41, 5.74) is 0.470. The minimum Gasteiger partial charge on any atom is -0.331 e. The molecule has 1 aromatic heterocycles. The lowest BCUT2D eigenvalue weighted by molar-refractivity contribution is -0.115. The molecule has 0 atom stereocenters. The van der Waals surface area contributed by atoms with E-state index in [4.69, 9.17) is 11.6 Å². The number of thiazole rings is 1. The van der Waals surface area contributed by atoms with E-state index < -0.39 is 6.03 Å². The molecule has 2 N–H and O–H groups in total. The molecule has 0 bridgehead atoms. The first kappa shape index (κ1) is 13.7. The number of ketones is 1. The molecule has 1 heterocycles. The smallest absolute Gasteiger partial charge is 0.321 e. The molecule has 5 nitrogen and oxygen atoms in total. The van der Waals surface area contributed by atoms with Crippen LogP contribution >= 0.6 is 22.9 Å². The normalized spacial score (nSPS) is 10.4. The van der Waals surface area contributed by atoms with Crippen molar-refractivity contribution in [2.75, 3.05) is 17.7 Å². The van der Waals surface area contributed by atoms with Crippen molar-refractivity contribution in [2.45, 2.75) is 0 Å². The number of carbonyl (C=O) groups is 2. The Balaban J connectivity index is 2.01. The Hall–Kier alpha value is -1.73. The largest absolute Gasteiger partial charge is 0.331 e. The lowest BCUT2D eigenvalue weighted by Gasteiger charge is -2.02. The van der Waals surface area contributed by atoms with Crippen molar-refractivity contribution < 1.29 is 14.0 Å². The number of urea groups is 1. The summed E-state index contributed by atoms with van der Waals surface area (Å²) >= 11 is 6.51. The van der Waals surface area contributed by atoms with Crippen LogP contribution < -0.4 is 10.6 Å². The molecule has 0 unspecified atom stereocenters. The average molecular weight is 302 g/mol. The molecule has 0 spiro atoms. The van der Waals surface area contributed by atoms with Gasteiger partial charge in [-0.2, -0.15) is 0 Å². The summed E-state index contributed by atoms with van der Waals surface area (Å²) in [7, 11) is 0. The van der Waals surface area contributed by atoms with E-state index in [1.807, 2.05) is 0 Å². The average Bonchev–Trinajstić information content (AvgIpc) is 2.77. The molecule has 8 heteroatoms. The Morgan fingerprint density at radius 3 is 2.95 bits per heavy atom. The number of fused-ring (bicyclic) bond motifs is 1. The van der Waals surface area contributed by atoms with Crippen molar-refractivity contribution in [3.8, 4) is 0 Å². The Bertz CT molecular complexity index is 631. The summed E-state index contributed by atoms with van der Waals surface area (Å²) in [6.07, 6.45) is 0. The molecule has 0 saturated carbocycles. The third-order valence-corrected chi connectivity index (χ3v) is 3.42. The van der Waals surface area contributed by atoms with E-state index in [1.54, 1.807) is 6.07 Å². The highest BCUT2D eigenvalue weighted by Crippen LogP contribution is 2.26. The molecule has 0 saturated heterocycles. The highest BCUT2D eigenvalue weighted by molar-refractivity contribution is 7.22. The number of anilines is 1. The van der Waals surface area contributed by atoms with Crippen LogP contribution in [-0.4, -0.2) is 29.2 Å². The fourth-order valence-electron chi connectivity index (χ4n) is 1.32. The number of aromatic nitrogens is 1. The van der Waals surface area contributed by atoms with Gasteiger partial charge >= 0.3 is 6.03 Å².